The number of hydrogen-bond acceptors (Lipinski definition) is 5. The van der Waals surface area contributed by atoms with Crippen LogP contribution in [0.1, 0.15) is 65.7 Å². The van der Waals surface area contributed by atoms with Gasteiger partial charge in [-0.05, 0) is 61.7 Å². The zero-order chi connectivity index (χ0) is 20.2. The van der Waals surface area contributed by atoms with Gasteiger partial charge >= 0.3 is 5.97 Å². The minimum Gasteiger partial charge on any atom is -0.462 e. The second kappa shape index (κ2) is 5.73. The van der Waals surface area contributed by atoms with Crippen LogP contribution in [0, 0.1) is 28.6 Å². The van der Waals surface area contributed by atoms with Crippen LogP contribution in [0.15, 0.2) is 11.6 Å². The van der Waals surface area contributed by atoms with Gasteiger partial charge in [0.2, 0.25) is 0 Å². The van der Waals surface area contributed by atoms with Gasteiger partial charge in [-0.15, -0.1) is 0 Å². The van der Waals surface area contributed by atoms with E-state index in [9.17, 15) is 9.59 Å². The molecule has 0 spiro atoms. The van der Waals surface area contributed by atoms with Gasteiger partial charge < -0.3 is 14.2 Å². The summed E-state index contributed by atoms with van der Waals surface area (Å²) in [6, 6.07) is 0. The number of Topliss-reactive ketones (excluding diaryl/α,β-unsaturated/α-hetero) is 1. The van der Waals surface area contributed by atoms with Crippen LogP contribution >= 0.6 is 0 Å². The summed E-state index contributed by atoms with van der Waals surface area (Å²) in [7, 11) is 0. The van der Waals surface area contributed by atoms with Crippen LogP contribution in [0.4, 0.5) is 0 Å². The van der Waals surface area contributed by atoms with Gasteiger partial charge in [0.25, 0.3) is 0 Å². The highest BCUT2D eigenvalue weighted by molar-refractivity contribution is 5.97. The first-order valence-corrected chi connectivity index (χ1v) is 11.5. The van der Waals surface area contributed by atoms with Crippen LogP contribution in [0.2, 0.25) is 0 Å². The first-order chi connectivity index (χ1) is 13.8. The normalized spacial score (nSPS) is 54.2. The fourth-order valence-electron chi connectivity index (χ4n) is 8.25. The molecule has 3 saturated carbocycles. The number of carbonyl (C=O) groups excluding carboxylic acids is 2. The molecule has 158 valence electrons. The molecule has 0 amide bonds. The fraction of sp³-hybridized carbons (Fsp3) is 0.833. The van der Waals surface area contributed by atoms with Gasteiger partial charge in [0, 0.05) is 18.8 Å². The Morgan fingerprint density at radius 3 is 2.69 bits per heavy atom. The zero-order valence-corrected chi connectivity index (χ0v) is 17.7. The van der Waals surface area contributed by atoms with Crippen molar-refractivity contribution in [1.82, 2.24) is 0 Å². The van der Waals surface area contributed by atoms with Gasteiger partial charge in [0.15, 0.2) is 11.4 Å². The minimum atomic E-state index is -0.554. The first kappa shape index (κ1) is 18.6. The molecule has 6 rings (SSSR count). The highest BCUT2D eigenvalue weighted by Crippen LogP contribution is 2.73. The third-order valence-corrected chi connectivity index (χ3v) is 9.81. The van der Waals surface area contributed by atoms with Gasteiger partial charge in [-0.3, -0.25) is 9.59 Å². The van der Waals surface area contributed by atoms with Crippen molar-refractivity contribution in [3.8, 4) is 0 Å². The van der Waals surface area contributed by atoms with Crippen LogP contribution < -0.4 is 0 Å². The molecule has 0 radical (unpaired) electrons. The molecule has 9 atom stereocenters. The Kier molecular flexibility index (Phi) is 3.67. The van der Waals surface area contributed by atoms with E-state index in [0.717, 1.165) is 38.5 Å². The maximum absolute atomic E-state index is 13.1. The zero-order valence-electron chi connectivity index (χ0n) is 17.7. The molecule has 2 saturated heterocycles. The van der Waals surface area contributed by atoms with E-state index in [0.29, 0.717) is 24.4 Å². The van der Waals surface area contributed by atoms with E-state index >= 15 is 0 Å². The second-order valence-corrected chi connectivity index (χ2v) is 11.0. The predicted octanol–water partition coefficient (Wildman–Crippen LogP) is 3.60. The standard InChI is InChI=1S/C24H32O5/c1-13(25)28-15-6-8-22(2)14(10-15)4-5-16-17(22)7-9-23(3)18(16)11-20-24(23,29-20)21(26)19-12-27-19/h4,15-20H,5-12H2,1-3H3/t15-,16+,17+,18-,19-,20+,22-,23-,24-/m0/s1. The molecule has 29 heavy (non-hydrogen) atoms. The van der Waals surface area contributed by atoms with Crippen molar-refractivity contribution < 1.29 is 23.8 Å². The smallest absolute Gasteiger partial charge is 0.302 e. The Hall–Kier alpha value is -1.20. The van der Waals surface area contributed by atoms with E-state index in [1.54, 1.807) is 0 Å². The Morgan fingerprint density at radius 1 is 1.17 bits per heavy atom. The summed E-state index contributed by atoms with van der Waals surface area (Å²) >= 11 is 0. The maximum Gasteiger partial charge on any atom is 0.302 e. The lowest BCUT2D eigenvalue weighted by molar-refractivity contribution is -0.149. The van der Waals surface area contributed by atoms with Crippen molar-refractivity contribution in [2.24, 2.45) is 28.6 Å². The van der Waals surface area contributed by atoms with Crippen molar-refractivity contribution >= 4 is 11.8 Å². The van der Waals surface area contributed by atoms with E-state index < -0.39 is 5.60 Å². The van der Waals surface area contributed by atoms with Crippen molar-refractivity contribution in [3.05, 3.63) is 11.6 Å². The summed E-state index contributed by atoms with van der Waals surface area (Å²) in [6.45, 7) is 6.88. The Labute approximate surface area is 172 Å². The molecule has 0 bridgehead atoms. The molecule has 0 unspecified atom stereocenters. The van der Waals surface area contributed by atoms with E-state index in [-0.39, 0.29) is 40.9 Å². The largest absolute Gasteiger partial charge is 0.462 e. The lowest BCUT2D eigenvalue weighted by Gasteiger charge is -2.58. The van der Waals surface area contributed by atoms with Gasteiger partial charge in [-0.2, -0.15) is 0 Å². The van der Waals surface area contributed by atoms with Crippen LogP contribution in [0.25, 0.3) is 0 Å². The molecule has 5 fully saturated rings. The molecule has 6 aliphatic rings. The van der Waals surface area contributed by atoms with Crippen LogP contribution in [0.3, 0.4) is 0 Å². The number of ketones is 1. The number of carbonyl (C=O) groups is 2. The number of allylic oxidation sites excluding steroid dienone is 1. The Balaban J connectivity index is 1.28. The fourth-order valence-corrected chi connectivity index (χ4v) is 8.25. The highest BCUT2D eigenvalue weighted by atomic mass is 16.6. The monoisotopic (exact) mass is 400 g/mol. The molecule has 4 aliphatic carbocycles. The molecule has 5 nitrogen and oxygen atoms in total. The van der Waals surface area contributed by atoms with Crippen molar-refractivity contribution in [2.75, 3.05) is 6.61 Å². The third kappa shape index (κ3) is 2.29. The summed E-state index contributed by atoms with van der Waals surface area (Å²) in [4.78, 5) is 24.5. The average molecular weight is 401 g/mol. The van der Waals surface area contributed by atoms with Crippen molar-refractivity contribution in [1.29, 1.82) is 0 Å². The first-order valence-electron chi connectivity index (χ1n) is 11.5. The number of rotatable bonds is 3. The minimum absolute atomic E-state index is 0.0431. The molecule has 2 heterocycles. The topological polar surface area (TPSA) is 68.4 Å². The molecule has 0 aromatic heterocycles. The number of ether oxygens (including phenoxy) is 3. The number of esters is 1. The number of epoxide rings is 2. The van der Waals surface area contributed by atoms with Crippen LogP contribution in [-0.2, 0) is 23.8 Å². The summed E-state index contributed by atoms with van der Waals surface area (Å²) < 4.78 is 17.0. The highest BCUT2D eigenvalue weighted by Gasteiger charge is 2.81. The van der Waals surface area contributed by atoms with Gasteiger partial charge in [0.1, 0.15) is 12.2 Å². The van der Waals surface area contributed by atoms with Gasteiger partial charge in [-0.25, -0.2) is 0 Å². The molecule has 2 aliphatic heterocycles. The van der Waals surface area contributed by atoms with Crippen molar-refractivity contribution in [2.45, 2.75) is 89.6 Å². The molecule has 5 heteroatoms. The molecular weight excluding hydrogens is 368 g/mol. The number of hydrogen-bond donors (Lipinski definition) is 0. The SMILES string of the molecule is CC(=O)O[C@H]1CC[C@@]2(C)C(=CC[C@@H]3[C@H]2CC[C@@]2(C)[C@H]3C[C@H]3O[C@]32C(=O)[C@@H]2CO2)C1. The summed E-state index contributed by atoms with van der Waals surface area (Å²) in [6.07, 6.45) is 9.75. The summed E-state index contributed by atoms with van der Waals surface area (Å²) in [5, 5.41) is 0. The lowest BCUT2D eigenvalue weighted by atomic mass is 9.47. The van der Waals surface area contributed by atoms with Crippen molar-refractivity contribution in [3.63, 3.8) is 0 Å². The molecule has 0 aromatic rings. The molecule has 0 N–H and O–H groups in total. The van der Waals surface area contributed by atoms with Gasteiger partial charge in [-0.1, -0.05) is 25.5 Å². The molecular formula is C24H32O5. The quantitative estimate of drug-likeness (QED) is 0.411. The van der Waals surface area contributed by atoms with E-state index in [2.05, 4.69) is 19.9 Å². The van der Waals surface area contributed by atoms with E-state index in [4.69, 9.17) is 14.2 Å². The van der Waals surface area contributed by atoms with E-state index in [1.165, 1.54) is 18.9 Å². The molecule has 0 aromatic carbocycles. The van der Waals surface area contributed by atoms with Gasteiger partial charge in [0.05, 0.1) is 12.7 Å². The maximum atomic E-state index is 13.1. The van der Waals surface area contributed by atoms with Crippen LogP contribution in [0.5, 0.6) is 0 Å². The van der Waals surface area contributed by atoms with Crippen LogP contribution in [-0.4, -0.2) is 42.3 Å². The second-order valence-electron chi connectivity index (χ2n) is 11.0. The predicted molar refractivity (Wildman–Crippen MR) is 105 cm³/mol. The third-order valence-electron chi connectivity index (χ3n) is 9.81. The Morgan fingerprint density at radius 2 is 1.97 bits per heavy atom. The number of fused-ring (bicyclic) bond motifs is 7. The average Bonchev–Trinajstić information content (AvgIpc) is 3.58. The Bertz CT molecular complexity index is 814. The lowest BCUT2D eigenvalue weighted by Crippen LogP contribution is -2.55. The summed E-state index contributed by atoms with van der Waals surface area (Å²) in [5.41, 5.74) is 1.13. The summed E-state index contributed by atoms with van der Waals surface area (Å²) in [5.74, 6) is 1.92. The van der Waals surface area contributed by atoms with E-state index in [1.807, 2.05) is 0 Å².